The largest absolute Gasteiger partial charge is 0.423 e. The van der Waals surface area contributed by atoms with Crippen molar-refractivity contribution in [2.75, 3.05) is 12.4 Å². The van der Waals surface area contributed by atoms with E-state index in [9.17, 15) is 0 Å². The summed E-state index contributed by atoms with van der Waals surface area (Å²) in [6.45, 7) is 3.13. The number of hydrogen-bond acceptors (Lipinski definition) is 2. The van der Waals surface area contributed by atoms with Gasteiger partial charge >= 0.3 is 0 Å². The molecule has 0 atom stereocenters. The maximum absolute atomic E-state index is 5.47. The predicted octanol–water partition coefficient (Wildman–Crippen LogP) is 2.80. The molecule has 0 spiro atoms. The van der Waals surface area contributed by atoms with E-state index < -0.39 is 0 Å². The first kappa shape index (κ1) is 13.5. The van der Waals surface area contributed by atoms with Crippen LogP contribution in [-0.4, -0.2) is 22.1 Å². The van der Waals surface area contributed by atoms with Crippen molar-refractivity contribution in [3.8, 4) is 0 Å². The van der Waals surface area contributed by atoms with Crippen LogP contribution < -0.4 is 0 Å². The fourth-order valence-corrected chi connectivity index (χ4v) is 2.81. The molecule has 0 amide bonds. The lowest BCUT2D eigenvalue weighted by atomic mass is 10.1. The van der Waals surface area contributed by atoms with Crippen LogP contribution in [0.25, 0.3) is 0 Å². The van der Waals surface area contributed by atoms with Gasteiger partial charge in [0.15, 0.2) is 9.76 Å². The van der Waals surface area contributed by atoms with Crippen molar-refractivity contribution in [1.82, 2.24) is 0 Å². The lowest BCUT2D eigenvalue weighted by Gasteiger charge is -2.01. The van der Waals surface area contributed by atoms with Crippen molar-refractivity contribution in [2.24, 2.45) is 0 Å². The molecule has 0 bridgehead atoms. The maximum Gasteiger partial charge on any atom is 0.161 e. The van der Waals surface area contributed by atoms with Crippen molar-refractivity contribution in [3.05, 3.63) is 0 Å². The fourth-order valence-electron chi connectivity index (χ4n) is 1.33. The van der Waals surface area contributed by atoms with E-state index in [2.05, 4.69) is 19.6 Å². The van der Waals surface area contributed by atoms with E-state index in [1.807, 2.05) is 0 Å². The molecule has 0 fully saturated rings. The summed E-state index contributed by atoms with van der Waals surface area (Å²) in [5.41, 5.74) is 0. The second-order valence-corrected chi connectivity index (χ2v) is 5.43. The van der Waals surface area contributed by atoms with Crippen LogP contribution >= 0.6 is 12.6 Å². The minimum Gasteiger partial charge on any atom is -0.423 e. The lowest BCUT2D eigenvalue weighted by Crippen LogP contribution is -2.00. The molecule has 0 aromatic carbocycles. The van der Waals surface area contributed by atoms with E-state index in [1.165, 1.54) is 44.6 Å². The van der Waals surface area contributed by atoms with E-state index in [1.54, 1.807) is 0 Å². The molecule has 0 aromatic heterocycles. The number of hydrogen-bond donors (Lipinski definition) is 1. The molecule has 13 heavy (non-hydrogen) atoms. The molecule has 1 nitrogen and oxygen atoms in total. The number of unbranched alkanes of at least 4 members (excludes halogenated alkanes) is 5. The third kappa shape index (κ3) is 12.5. The van der Waals surface area contributed by atoms with Gasteiger partial charge in [-0.15, -0.1) is 0 Å². The minimum atomic E-state index is -0.188. The van der Waals surface area contributed by atoms with Crippen LogP contribution in [0.2, 0.25) is 6.04 Å². The highest BCUT2D eigenvalue weighted by molar-refractivity contribution is 7.80. The molecule has 0 aliphatic rings. The summed E-state index contributed by atoms with van der Waals surface area (Å²) in [5, 5.41) is 0. The second-order valence-electron chi connectivity index (χ2n) is 3.46. The van der Waals surface area contributed by atoms with Gasteiger partial charge in [-0.25, -0.2) is 0 Å². The lowest BCUT2D eigenvalue weighted by molar-refractivity contribution is 0.363. The average Bonchev–Trinajstić information content (AvgIpc) is 2.16. The Bertz CT molecular complexity index is 81.0. The van der Waals surface area contributed by atoms with Gasteiger partial charge in [-0.2, -0.15) is 12.6 Å². The molecular formula is C10H24OSSi. The first-order valence-electron chi connectivity index (χ1n) is 5.60. The zero-order chi connectivity index (χ0) is 9.78. The van der Waals surface area contributed by atoms with Gasteiger partial charge in [-0.3, -0.25) is 0 Å². The average molecular weight is 220 g/mol. The summed E-state index contributed by atoms with van der Waals surface area (Å²) in [7, 11) is -0.188. The Hall–Kier alpha value is 0.527. The standard InChI is InChI=1S/C10H24OSSi/c1-2-3-4-5-6-7-10-13-11-8-9-12/h12H,2-10,13H2,1H3. The molecule has 0 saturated heterocycles. The molecule has 80 valence electrons. The Labute approximate surface area is 91.0 Å². The topological polar surface area (TPSA) is 9.23 Å². The van der Waals surface area contributed by atoms with Crippen LogP contribution in [0.4, 0.5) is 0 Å². The molecule has 0 saturated carbocycles. The Morgan fingerprint density at radius 1 is 1.08 bits per heavy atom. The molecule has 0 aliphatic carbocycles. The summed E-state index contributed by atoms with van der Waals surface area (Å²) in [5.74, 6) is 0.878. The molecule has 0 rings (SSSR count). The molecule has 0 aliphatic heterocycles. The van der Waals surface area contributed by atoms with Crippen LogP contribution in [0.3, 0.4) is 0 Å². The molecule has 0 unspecified atom stereocenters. The van der Waals surface area contributed by atoms with Gasteiger partial charge in [0.25, 0.3) is 0 Å². The van der Waals surface area contributed by atoms with Crippen molar-refractivity contribution in [1.29, 1.82) is 0 Å². The SMILES string of the molecule is CCCCCCCC[SiH2]OCCS. The van der Waals surface area contributed by atoms with Gasteiger partial charge in [-0.1, -0.05) is 45.4 Å². The van der Waals surface area contributed by atoms with E-state index in [0.29, 0.717) is 0 Å². The predicted molar refractivity (Wildman–Crippen MR) is 66.5 cm³/mol. The third-order valence-electron chi connectivity index (χ3n) is 2.13. The molecule has 0 N–H and O–H groups in total. The second kappa shape index (κ2) is 12.5. The van der Waals surface area contributed by atoms with Gasteiger partial charge in [0.1, 0.15) is 0 Å². The van der Waals surface area contributed by atoms with Gasteiger partial charge < -0.3 is 4.43 Å². The van der Waals surface area contributed by atoms with Crippen LogP contribution in [0, 0.1) is 0 Å². The Balaban J connectivity index is 2.76. The zero-order valence-electron chi connectivity index (χ0n) is 8.93. The van der Waals surface area contributed by atoms with Crippen LogP contribution in [0.1, 0.15) is 45.4 Å². The minimum absolute atomic E-state index is 0.188. The molecule has 0 radical (unpaired) electrons. The van der Waals surface area contributed by atoms with Gasteiger partial charge in [0.2, 0.25) is 0 Å². The molecule has 3 heteroatoms. The summed E-state index contributed by atoms with van der Waals surface area (Å²) in [6.07, 6.45) is 8.41. The Morgan fingerprint density at radius 3 is 2.46 bits per heavy atom. The summed E-state index contributed by atoms with van der Waals surface area (Å²) >= 11 is 4.10. The number of thiol groups is 1. The van der Waals surface area contributed by atoms with Crippen molar-refractivity contribution in [3.63, 3.8) is 0 Å². The molecule has 0 heterocycles. The quantitative estimate of drug-likeness (QED) is 0.338. The van der Waals surface area contributed by atoms with E-state index in [-0.39, 0.29) is 9.76 Å². The zero-order valence-corrected chi connectivity index (χ0v) is 11.2. The first-order valence-corrected chi connectivity index (χ1v) is 7.81. The van der Waals surface area contributed by atoms with E-state index in [0.717, 1.165) is 12.4 Å². The van der Waals surface area contributed by atoms with E-state index >= 15 is 0 Å². The summed E-state index contributed by atoms with van der Waals surface area (Å²) in [6, 6.07) is 1.36. The highest BCUT2D eigenvalue weighted by Gasteiger charge is 1.91. The normalized spacial score (nSPS) is 11.5. The van der Waals surface area contributed by atoms with Crippen molar-refractivity contribution in [2.45, 2.75) is 51.5 Å². The fraction of sp³-hybridized carbons (Fsp3) is 1.00. The Kier molecular flexibility index (Phi) is 13.0. The highest BCUT2D eigenvalue weighted by Crippen LogP contribution is 2.06. The molecular weight excluding hydrogens is 196 g/mol. The van der Waals surface area contributed by atoms with Crippen LogP contribution in [-0.2, 0) is 4.43 Å². The van der Waals surface area contributed by atoms with Gasteiger partial charge in [-0.05, 0) is 6.04 Å². The summed E-state index contributed by atoms with van der Waals surface area (Å²) in [4.78, 5) is 0. The maximum atomic E-state index is 5.47. The monoisotopic (exact) mass is 220 g/mol. The van der Waals surface area contributed by atoms with Crippen LogP contribution in [0.5, 0.6) is 0 Å². The van der Waals surface area contributed by atoms with Crippen LogP contribution in [0.15, 0.2) is 0 Å². The Morgan fingerprint density at radius 2 is 1.77 bits per heavy atom. The van der Waals surface area contributed by atoms with Crippen molar-refractivity contribution >= 4 is 22.4 Å². The number of rotatable bonds is 10. The summed E-state index contributed by atoms with van der Waals surface area (Å²) < 4.78 is 5.47. The smallest absolute Gasteiger partial charge is 0.161 e. The highest BCUT2D eigenvalue weighted by atomic mass is 32.1. The van der Waals surface area contributed by atoms with Crippen molar-refractivity contribution < 1.29 is 4.43 Å². The molecule has 0 aromatic rings. The third-order valence-corrected chi connectivity index (χ3v) is 3.68. The van der Waals surface area contributed by atoms with Gasteiger partial charge in [0, 0.05) is 12.4 Å². The van der Waals surface area contributed by atoms with E-state index in [4.69, 9.17) is 4.43 Å². The first-order chi connectivity index (χ1) is 6.41. The van der Waals surface area contributed by atoms with Gasteiger partial charge in [0.05, 0.1) is 0 Å².